The van der Waals surface area contributed by atoms with Crippen LogP contribution >= 0.6 is 39.9 Å². The number of rotatable bonds is 7. The van der Waals surface area contributed by atoms with Gasteiger partial charge in [0.15, 0.2) is 15.8 Å². The molecule has 1 amide bonds. The summed E-state index contributed by atoms with van der Waals surface area (Å²) in [4.78, 5) is 11.7. The first-order valence-electron chi connectivity index (χ1n) is 7.19. The lowest BCUT2D eigenvalue weighted by atomic mass is 10.2. The van der Waals surface area contributed by atoms with Gasteiger partial charge >= 0.3 is 0 Å². The highest BCUT2D eigenvalue weighted by molar-refractivity contribution is 9.10. The van der Waals surface area contributed by atoms with Crippen molar-refractivity contribution in [2.75, 3.05) is 19.0 Å². The maximum Gasteiger partial charge on any atom is 0.259 e. The van der Waals surface area contributed by atoms with Crippen molar-refractivity contribution in [3.8, 4) is 11.5 Å². The Bertz CT molecular complexity index is 621. The second-order valence-electron chi connectivity index (χ2n) is 4.62. The zero-order valence-corrected chi connectivity index (χ0v) is 16.1. The van der Waals surface area contributed by atoms with Crippen molar-refractivity contribution in [1.29, 1.82) is 0 Å². The summed E-state index contributed by atoms with van der Waals surface area (Å²) in [5.74, 6) is 1.55. The van der Waals surface area contributed by atoms with Crippen molar-refractivity contribution in [2.45, 2.75) is 20.3 Å². The van der Waals surface area contributed by atoms with Crippen LogP contribution < -0.4 is 9.47 Å². The van der Waals surface area contributed by atoms with E-state index in [4.69, 9.17) is 21.7 Å². The van der Waals surface area contributed by atoms with Crippen molar-refractivity contribution in [2.24, 2.45) is 5.10 Å². The number of carbonyl (C=O) groups excluding carboxylic acids is 1. The minimum absolute atomic E-state index is 0.108. The number of amides is 1. The SMILES string of the molecule is CCCOc1c(Br)cc(/C=N\N2C(=O)CSC2=S)cc1OCC. The molecule has 0 radical (unpaired) electrons. The Balaban J connectivity index is 2.25. The predicted molar refractivity (Wildman–Crippen MR) is 101 cm³/mol. The second kappa shape index (κ2) is 8.65. The maximum atomic E-state index is 11.7. The topological polar surface area (TPSA) is 51.1 Å². The second-order valence-corrected chi connectivity index (χ2v) is 7.08. The Morgan fingerprint density at radius 2 is 2.22 bits per heavy atom. The summed E-state index contributed by atoms with van der Waals surface area (Å²) in [6.45, 7) is 5.10. The van der Waals surface area contributed by atoms with E-state index >= 15 is 0 Å². The van der Waals surface area contributed by atoms with Gasteiger partial charge in [0.25, 0.3) is 5.91 Å². The molecule has 0 aliphatic carbocycles. The molecule has 2 rings (SSSR count). The van der Waals surface area contributed by atoms with Crippen molar-refractivity contribution in [3.05, 3.63) is 22.2 Å². The van der Waals surface area contributed by atoms with Crippen molar-refractivity contribution in [3.63, 3.8) is 0 Å². The van der Waals surface area contributed by atoms with Crippen LogP contribution in [0.4, 0.5) is 0 Å². The summed E-state index contributed by atoms with van der Waals surface area (Å²) in [7, 11) is 0. The molecule has 23 heavy (non-hydrogen) atoms. The molecule has 1 fully saturated rings. The highest BCUT2D eigenvalue weighted by Gasteiger charge is 2.26. The van der Waals surface area contributed by atoms with E-state index < -0.39 is 0 Å². The van der Waals surface area contributed by atoms with Gasteiger partial charge < -0.3 is 9.47 Å². The van der Waals surface area contributed by atoms with E-state index in [9.17, 15) is 4.79 Å². The van der Waals surface area contributed by atoms with Crippen LogP contribution in [0.15, 0.2) is 21.7 Å². The number of thioether (sulfide) groups is 1. The van der Waals surface area contributed by atoms with Gasteiger partial charge in [0.1, 0.15) is 0 Å². The van der Waals surface area contributed by atoms with E-state index in [2.05, 4.69) is 21.0 Å². The fourth-order valence-corrected chi connectivity index (χ4v) is 3.39. The molecule has 0 N–H and O–H groups in total. The molecule has 0 aromatic heterocycles. The quantitative estimate of drug-likeness (QED) is 0.499. The van der Waals surface area contributed by atoms with Gasteiger partial charge in [-0.1, -0.05) is 30.9 Å². The fourth-order valence-electron chi connectivity index (χ4n) is 1.85. The molecule has 8 heteroatoms. The number of hydrogen-bond donors (Lipinski definition) is 0. The van der Waals surface area contributed by atoms with Gasteiger partial charge in [0.05, 0.1) is 29.7 Å². The average Bonchev–Trinajstić information content (AvgIpc) is 2.83. The van der Waals surface area contributed by atoms with Gasteiger partial charge in [-0.2, -0.15) is 10.1 Å². The molecule has 0 atom stereocenters. The molecular formula is C15H17BrN2O3S2. The monoisotopic (exact) mass is 416 g/mol. The number of thiocarbonyl (C=S) groups is 1. The summed E-state index contributed by atoms with van der Waals surface area (Å²) in [6, 6.07) is 3.70. The molecule has 1 aliphatic rings. The van der Waals surface area contributed by atoms with Crippen molar-refractivity contribution < 1.29 is 14.3 Å². The summed E-state index contributed by atoms with van der Waals surface area (Å²) in [5, 5.41) is 5.41. The molecule has 1 aromatic rings. The number of carbonyl (C=O) groups is 1. The summed E-state index contributed by atoms with van der Waals surface area (Å²) in [5.41, 5.74) is 0.789. The van der Waals surface area contributed by atoms with Crippen LogP contribution in [0, 0.1) is 0 Å². The van der Waals surface area contributed by atoms with Crippen LogP contribution in [-0.4, -0.2) is 40.4 Å². The molecule has 0 unspecified atom stereocenters. The standard InChI is InChI=1S/C15H17BrN2O3S2/c1-3-5-21-14-11(16)6-10(7-12(14)20-4-2)8-17-18-13(19)9-23-15(18)22/h6-8H,3-5,9H2,1-2H3/b17-8-. The molecule has 1 heterocycles. The van der Waals surface area contributed by atoms with E-state index in [1.165, 1.54) is 16.8 Å². The van der Waals surface area contributed by atoms with Gasteiger partial charge in [-0.25, -0.2) is 0 Å². The summed E-state index contributed by atoms with van der Waals surface area (Å²) >= 11 is 9.91. The highest BCUT2D eigenvalue weighted by Crippen LogP contribution is 2.36. The molecule has 0 spiro atoms. The Hall–Kier alpha value is -1.12. The Labute approximate surface area is 153 Å². The zero-order valence-electron chi connectivity index (χ0n) is 12.9. The van der Waals surface area contributed by atoms with E-state index in [-0.39, 0.29) is 5.91 Å². The predicted octanol–water partition coefficient (Wildman–Crippen LogP) is 3.83. The molecule has 1 aromatic carbocycles. The normalized spacial score (nSPS) is 14.8. The van der Waals surface area contributed by atoms with E-state index in [1.54, 1.807) is 6.21 Å². The third kappa shape index (κ3) is 4.68. The van der Waals surface area contributed by atoms with Crippen LogP contribution in [-0.2, 0) is 4.79 Å². The minimum atomic E-state index is -0.108. The Kier molecular flexibility index (Phi) is 6.86. The number of benzene rings is 1. The third-order valence-electron chi connectivity index (χ3n) is 2.83. The molecular weight excluding hydrogens is 400 g/mol. The van der Waals surface area contributed by atoms with Gasteiger partial charge in [0, 0.05) is 0 Å². The largest absolute Gasteiger partial charge is 0.490 e. The van der Waals surface area contributed by atoms with E-state index in [1.807, 2.05) is 26.0 Å². The van der Waals surface area contributed by atoms with Crippen molar-refractivity contribution >= 4 is 56.4 Å². The van der Waals surface area contributed by atoms with Crippen LogP contribution in [0.1, 0.15) is 25.8 Å². The van der Waals surface area contributed by atoms with E-state index in [0.717, 1.165) is 16.5 Å². The lowest BCUT2D eigenvalue weighted by Crippen LogP contribution is -2.22. The lowest BCUT2D eigenvalue weighted by molar-refractivity contribution is -0.123. The fraction of sp³-hybridized carbons (Fsp3) is 0.400. The average molecular weight is 417 g/mol. The van der Waals surface area contributed by atoms with Gasteiger partial charge in [0.2, 0.25) is 0 Å². The zero-order chi connectivity index (χ0) is 16.8. The van der Waals surface area contributed by atoms with Crippen LogP contribution in [0.5, 0.6) is 11.5 Å². The molecule has 1 aliphatic heterocycles. The van der Waals surface area contributed by atoms with E-state index in [0.29, 0.717) is 34.8 Å². The van der Waals surface area contributed by atoms with Crippen molar-refractivity contribution in [1.82, 2.24) is 5.01 Å². The number of hydrogen-bond acceptors (Lipinski definition) is 6. The smallest absolute Gasteiger partial charge is 0.259 e. The minimum Gasteiger partial charge on any atom is -0.490 e. The third-order valence-corrected chi connectivity index (χ3v) is 4.76. The molecule has 1 saturated heterocycles. The number of halogens is 1. The van der Waals surface area contributed by atoms with Crippen LogP contribution in [0.3, 0.4) is 0 Å². The Morgan fingerprint density at radius 3 is 2.83 bits per heavy atom. The summed E-state index contributed by atoms with van der Waals surface area (Å²) in [6.07, 6.45) is 2.50. The first-order valence-corrected chi connectivity index (χ1v) is 9.38. The number of nitrogens with zero attached hydrogens (tertiary/aromatic N) is 2. The van der Waals surface area contributed by atoms with Gasteiger partial charge in [-0.05, 0) is 47.0 Å². The molecule has 124 valence electrons. The first kappa shape index (κ1) is 18.2. The highest BCUT2D eigenvalue weighted by atomic mass is 79.9. The number of hydrazone groups is 1. The molecule has 0 saturated carbocycles. The maximum absolute atomic E-state index is 11.7. The molecule has 5 nitrogen and oxygen atoms in total. The molecule has 0 bridgehead atoms. The van der Waals surface area contributed by atoms with Crippen LogP contribution in [0.25, 0.3) is 0 Å². The first-order chi connectivity index (χ1) is 11.1. The lowest BCUT2D eigenvalue weighted by Gasteiger charge is -2.14. The summed E-state index contributed by atoms with van der Waals surface area (Å²) < 4.78 is 12.6. The van der Waals surface area contributed by atoms with Gasteiger partial charge in [-0.15, -0.1) is 0 Å². The van der Waals surface area contributed by atoms with Gasteiger partial charge in [-0.3, -0.25) is 4.79 Å². The number of ether oxygens (including phenoxy) is 2. The Morgan fingerprint density at radius 1 is 1.43 bits per heavy atom. The van der Waals surface area contributed by atoms with Crippen LogP contribution in [0.2, 0.25) is 0 Å².